The van der Waals surface area contributed by atoms with Gasteiger partial charge in [0.15, 0.2) is 0 Å². The number of hydrogen-bond acceptors (Lipinski definition) is 4. The van der Waals surface area contributed by atoms with Gasteiger partial charge in [0.05, 0.1) is 0 Å². The van der Waals surface area contributed by atoms with Gasteiger partial charge in [0.2, 0.25) is 11.6 Å². The number of fused-ring (bicyclic) bond motifs is 1. The quantitative estimate of drug-likeness (QED) is 0.927. The van der Waals surface area contributed by atoms with Crippen LogP contribution in [0.15, 0.2) is 59.3 Å². The molecule has 122 valence electrons. The highest BCUT2D eigenvalue weighted by molar-refractivity contribution is 6.49. The lowest BCUT2D eigenvalue weighted by molar-refractivity contribution is 0.0974. The maximum absolute atomic E-state index is 12.6. The fourth-order valence-corrected chi connectivity index (χ4v) is 2.86. The topological polar surface area (TPSA) is 49.4 Å². The van der Waals surface area contributed by atoms with E-state index in [2.05, 4.69) is 5.32 Å². The first-order valence-electron chi connectivity index (χ1n) is 7.57. The Hall–Kier alpha value is -2.59. The number of nitrogens with zero attached hydrogens (tertiary/aromatic N) is 1. The second-order valence-electron chi connectivity index (χ2n) is 5.81. The number of allylic oxidation sites excluding steroid dienone is 2. The van der Waals surface area contributed by atoms with Gasteiger partial charge in [-0.15, -0.1) is 0 Å². The molecule has 1 N–H and O–H groups in total. The van der Waals surface area contributed by atoms with E-state index in [4.69, 9.17) is 11.6 Å². The molecule has 24 heavy (non-hydrogen) atoms. The number of benzene rings is 2. The fraction of sp³-hybridized carbons (Fsp3) is 0.158. The van der Waals surface area contributed by atoms with Crippen LogP contribution in [0, 0.1) is 0 Å². The Labute approximate surface area is 145 Å². The van der Waals surface area contributed by atoms with Crippen molar-refractivity contribution in [3.63, 3.8) is 0 Å². The summed E-state index contributed by atoms with van der Waals surface area (Å²) in [5.74, 6) is -0.572. The van der Waals surface area contributed by atoms with Gasteiger partial charge in [0.1, 0.15) is 10.7 Å². The lowest BCUT2D eigenvalue weighted by atomic mass is 9.92. The number of halogens is 1. The predicted molar refractivity (Wildman–Crippen MR) is 95.6 cm³/mol. The van der Waals surface area contributed by atoms with E-state index in [1.807, 2.05) is 43.3 Å². The maximum atomic E-state index is 12.6. The van der Waals surface area contributed by atoms with Crippen molar-refractivity contribution in [1.29, 1.82) is 0 Å². The van der Waals surface area contributed by atoms with Crippen LogP contribution in [0.25, 0.3) is 0 Å². The molecule has 0 fully saturated rings. The van der Waals surface area contributed by atoms with Crippen molar-refractivity contribution in [2.75, 3.05) is 19.0 Å². The molecule has 5 heteroatoms. The Kier molecular flexibility index (Phi) is 4.40. The summed E-state index contributed by atoms with van der Waals surface area (Å²) < 4.78 is 0. The van der Waals surface area contributed by atoms with Crippen LogP contribution in [0.4, 0.5) is 5.69 Å². The minimum atomic E-state index is -0.322. The first kappa shape index (κ1) is 16.3. The number of anilines is 1. The van der Waals surface area contributed by atoms with E-state index in [1.165, 1.54) is 0 Å². The summed E-state index contributed by atoms with van der Waals surface area (Å²) in [6, 6.07) is 14.7. The minimum absolute atomic E-state index is 0.0522. The average molecular weight is 341 g/mol. The molecule has 4 nitrogen and oxygen atoms in total. The van der Waals surface area contributed by atoms with Gasteiger partial charge in [-0.05, 0) is 17.7 Å². The highest BCUT2D eigenvalue weighted by atomic mass is 35.5. The molecule has 0 saturated heterocycles. The van der Waals surface area contributed by atoms with E-state index in [0.29, 0.717) is 17.7 Å². The van der Waals surface area contributed by atoms with Gasteiger partial charge in [0.25, 0.3) is 0 Å². The first-order valence-corrected chi connectivity index (χ1v) is 7.95. The molecular formula is C19H17ClN2O2. The third kappa shape index (κ3) is 2.93. The lowest BCUT2D eigenvalue weighted by Gasteiger charge is -2.19. The summed E-state index contributed by atoms with van der Waals surface area (Å²) in [6.45, 7) is 0.417. The predicted octanol–water partition coefficient (Wildman–Crippen LogP) is 3.37. The number of hydrogen-bond donors (Lipinski definition) is 1. The van der Waals surface area contributed by atoms with Crippen LogP contribution < -0.4 is 10.2 Å². The van der Waals surface area contributed by atoms with Crippen molar-refractivity contribution in [2.45, 2.75) is 6.54 Å². The number of ketones is 2. The summed E-state index contributed by atoms with van der Waals surface area (Å²) in [7, 11) is 3.95. The Balaban J connectivity index is 1.81. The normalized spacial score (nSPS) is 13.8. The number of rotatable bonds is 4. The molecule has 0 spiro atoms. The van der Waals surface area contributed by atoms with E-state index in [0.717, 1.165) is 11.3 Å². The van der Waals surface area contributed by atoms with Crippen molar-refractivity contribution < 1.29 is 9.59 Å². The molecule has 2 aromatic carbocycles. The molecule has 1 aliphatic rings. The zero-order chi connectivity index (χ0) is 17.3. The van der Waals surface area contributed by atoms with Crippen molar-refractivity contribution in [2.24, 2.45) is 0 Å². The van der Waals surface area contributed by atoms with Gasteiger partial charge in [0, 0.05) is 37.5 Å². The molecule has 3 rings (SSSR count). The van der Waals surface area contributed by atoms with E-state index in [1.54, 1.807) is 24.3 Å². The van der Waals surface area contributed by atoms with Crippen LogP contribution in [0.3, 0.4) is 0 Å². The van der Waals surface area contributed by atoms with E-state index < -0.39 is 0 Å². The SMILES string of the molecule is CN(C)c1ccc(CNC2=C(Cl)C(=O)c3ccccc3C2=O)cc1. The van der Waals surface area contributed by atoms with Crippen molar-refractivity contribution >= 4 is 28.9 Å². The van der Waals surface area contributed by atoms with Crippen LogP contribution in [0.2, 0.25) is 0 Å². The van der Waals surface area contributed by atoms with Crippen molar-refractivity contribution in [1.82, 2.24) is 5.32 Å². The Bertz CT molecular complexity index is 839. The number of carbonyl (C=O) groups excluding carboxylic acids is 2. The van der Waals surface area contributed by atoms with Crippen LogP contribution >= 0.6 is 11.6 Å². The molecule has 2 aromatic rings. The molecule has 0 bridgehead atoms. The second kappa shape index (κ2) is 6.49. The zero-order valence-corrected chi connectivity index (χ0v) is 14.2. The molecule has 1 aliphatic carbocycles. The van der Waals surface area contributed by atoms with Crippen LogP contribution in [0.1, 0.15) is 26.3 Å². The number of carbonyl (C=O) groups is 2. The van der Waals surface area contributed by atoms with Gasteiger partial charge in [-0.2, -0.15) is 0 Å². The van der Waals surface area contributed by atoms with Crippen LogP contribution in [-0.2, 0) is 6.54 Å². The molecule has 0 unspecified atom stereocenters. The number of nitrogens with one attached hydrogen (secondary N) is 1. The standard InChI is InChI=1S/C19H17ClN2O2/c1-22(2)13-9-7-12(8-10-13)11-21-17-16(20)18(23)14-5-3-4-6-15(14)19(17)24/h3-10,21H,11H2,1-2H3. The van der Waals surface area contributed by atoms with E-state index in [9.17, 15) is 9.59 Å². The van der Waals surface area contributed by atoms with Gasteiger partial charge in [-0.1, -0.05) is 48.0 Å². The minimum Gasteiger partial charge on any atom is -0.378 e. The second-order valence-corrected chi connectivity index (χ2v) is 6.19. The molecule has 0 heterocycles. The van der Waals surface area contributed by atoms with Crippen molar-refractivity contribution in [3.8, 4) is 0 Å². The van der Waals surface area contributed by atoms with Crippen LogP contribution in [-0.4, -0.2) is 25.7 Å². The van der Waals surface area contributed by atoms with Gasteiger partial charge >= 0.3 is 0 Å². The lowest BCUT2D eigenvalue weighted by Crippen LogP contribution is -2.28. The third-order valence-corrected chi connectivity index (χ3v) is 4.34. The molecule has 0 amide bonds. The highest BCUT2D eigenvalue weighted by Gasteiger charge is 2.30. The summed E-state index contributed by atoms with van der Waals surface area (Å²) >= 11 is 6.13. The monoisotopic (exact) mass is 340 g/mol. The van der Waals surface area contributed by atoms with E-state index in [-0.39, 0.29) is 22.3 Å². The van der Waals surface area contributed by atoms with Crippen LogP contribution in [0.5, 0.6) is 0 Å². The largest absolute Gasteiger partial charge is 0.378 e. The van der Waals surface area contributed by atoms with Gasteiger partial charge in [-0.25, -0.2) is 0 Å². The van der Waals surface area contributed by atoms with Gasteiger partial charge < -0.3 is 10.2 Å². The summed E-state index contributed by atoms with van der Waals surface area (Å²) in [5, 5.41) is 2.97. The maximum Gasteiger partial charge on any atom is 0.211 e. The molecule has 0 atom stereocenters. The summed E-state index contributed by atoms with van der Waals surface area (Å²) in [6.07, 6.45) is 0. The zero-order valence-electron chi connectivity index (χ0n) is 13.5. The Morgan fingerprint density at radius 1 is 0.917 bits per heavy atom. The summed E-state index contributed by atoms with van der Waals surface area (Å²) in [4.78, 5) is 26.9. The number of Topliss-reactive ketones (excluding diaryl/α,β-unsaturated/α-hetero) is 2. The Morgan fingerprint density at radius 2 is 1.50 bits per heavy atom. The van der Waals surface area contributed by atoms with Crippen molar-refractivity contribution in [3.05, 3.63) is 76.0 Å². The molecular weight excluding hydrogens is 324 g/mol. The molecule has 0 aromatic heterocycles. The average Bonchev–Trinajstić information content (AvgIpc) is 2.60. The Morgan fingerprint density at radius 3 is 2.08 bits per heavy atom. The van der Waals surface area contributed by atoms with Gasteiger partial charge in [-0.3, -0.25) is 9.59 Å². The van der Waals surface area contributed by atoms with E-state index >= 15 is 0 Å². The highest BCUT2D eigenvalue weighted by Crippen LogP contribution is 2.27. The molecule has 0 radical (unpaired) electrons. The molecule has 0 saturated carbocycles. The third-order valence-electron chi connectivity index (χ3n) is 3.98. The first-order chi connectivity index (χ1) is 11.5. The fourth-order valence-electron chi connectivity index (χ4n) is 2.61. The summed E-state index contributed by atoms with van der Waals surface area (Å²) in [5.41, 5.74) is 2.99. The smallest absolute Gasteiger partial charge is 0.211 e. The molecule has 0 aliphatic heterocycles.